The number of benzene rings is 2. The van der Waals surface area contributed by atoms with Crippen molar-refractivity contribution >= 4 is 35.7 Å². The molecule has 5 rings (SSSR count). The molecule has 0 unspecified atom stereocenters. The number of aromatic nitrogens is 3. The van der Waals surface area contributed by atoms with Gasteiger partial charge in [0.25, 0.3) is 0 Å². The molecule has 0 aliphatic heterocycles. The first kappa shape index (κ1) is 25.8. The number of methoxy groups -OCH3 is 1. The van der Waals surface area contributed by atoms with Gasteiger partial charge in [0.05, 0.1) is 26.1 Å². The number of aromatic hydroxyl groups is 1. The Hall–Kier alpha value is -5.85. The van der Waals surface area contributed by atoms with Crippen LogP contribution in [-0.4, -0.2) is 44.5 Å². The summed E-state index contributed by atoms with van der Waals surface area (Å²) in [6, 6.07) is 18.4. The first-order valence-corrected chi connectivity index (χ1v) is 11.9. The van der Waals surface area contributed by atoms with Crippen molar-refractivity contribution in [2.45, 2.75) is 6.54 Å². The molecule has 0 fully saturated rings. The van der Waals surface area contributed by atoms with Crippen LogP contribution in [0.5, 0.6) is 11.5 Å². The zero-order valence-corrected chi connectivity index (χ0v) is 21.0. The summed E-state index contributed by atoms with van der Waals surface area (Å²) in [5, 5.41) is 29.3. The van der Waals surface area contributed by atoms with E-state index in [4.69, 9.17) is 13.6 Å². The smallest absolute Gasteiger partial charge is 0.339 e. The van der Waals surface area contributed by atoms with Crippen molar-refractivity contribution in [2.75, 3.05) is 23.2 Å². The van der Waals surface area contributed by atoms with Gasteiger partial charge in [-0.1, -0.05) is 0 Å². The number of carbonyl (C=O) groups is 1. The highest BCUT2D eigenvalue weighted by Gasteiger charge is 2.13. The number of phenols is 1. The number of carboxylic acids is 1. The first-order valence-electron chi connectivity index (χ1n) is 11.9. The molecule has 202 valence electrons. The average Bonchev–Trinajstić information content (AvgIpc) is 3.65. The van der Waals surface area contributed by atoms with E-state index in [1.165, 1.54) is 18.3 Å². The van der Waals surface area contributed by atoms with Crippen LogP contribution in [0.15, 0.2) is 86.9 Å². The number of carboxylic acid groups (broad SMARTS) is 1. The summed E-state index contributed by atoms with van der Waals surface area (Å²) in [6.45, 7) is 0.359. The van der Waals surface area contributed by atoms with Crippen molar-refractivity contribution in [1.82, 2.24) is 15.0 Å². The number of anilines is 4. The van der Waals surface area contributed by atoms with E-state index in [9.17, 15) is 15.0 Å². The average molecular weight is 542 g/mol. The molecule has 0 spiro atoms. The van der Waals surface area contributed by atoms with Crippen LogP contribution in [0.2, 0.25) is 0 Å². The Morgan fingerprint density at radius 2 is 1.82 bits per heavy atom. The molecule has 0 bridgehead atoms. The molecule has 3 heterocycles. The fraction of sp³-hybridized carbons (Fsp3) is 0.0741. The van der Waals surface area contributed by atoms with Crippen LogP contribution in [0, 0.1) is 0 Å². The lowest BCUT2D eigenvalue weighted by molar-refractivity contribution is 0.0693. The van der Waals surface area contributed by atoms with E-state index in [0.717, 1.165) is 5.69 Å². The monoisotopic (exact) mass is 541 g/mol. The summed E-state index contributed by atoms with van der Waals surface area (Å²) in [5.74, 6) is 1.33. The molecule has 13 nitrogen and oxygen atoms in total. The number of rotatable bonds is 11. The number of hydrogen-bond donors (Lipinski definition) is 5. The Balaban J connectivity index is 1.32. The largest absolute Gasteiger partial charge is 0.507 e. The number of furan rings is 2. The van der Waals surface area contributed by atoms with Gasteiger partial charge in [-0.15, -0.1) is 0 Å². The maximum absolute atomic E-state index is 11.3. The van der Waals surface area contributed by atoms with Gasteiger partial charge in [0.15, 0.2) is 0 Å². The second kappa shape index (κ2) is 11.7. The molecule has 13 heteroatoms. The minimum atomic E-state index is -1.24. The topological polar surface area (TPSA) is 180 Å². The maximum Gasteiger partial charge on any atom is 0.339 e. The predicted molar refractivity (Wildman–Crippen MR) is 146 cm³/mol. The van der Waals surface area contributed by atoms with Crippen molar-refractivity contribution in [3.8, 4) is 22.8 Å². The number of nitrogens with one attached hydrogen (secondary N) is 3. The van der Waals surface area contributed by atoms with E-state index in [0.29, 0.717) is 35.1 Å². The van der Waals surface area contributed by atoms with Crippen LogP contribution in [-0.2, 0) is 6.54 Å². The Morgan fingerprint density at radius 3 is 2.58 bits per heavy atom. The van der Waals surface area contributed by atoms with Gasteiger partial charge < -0.3 is 34.4 Å². The van der Waals surface area contributed by atoms with Gasteiger partial charge in [-0.2, -0.15) is 20.1 Å². The van der Waals surface area contributed by atoms with Crippen LogP contribution in [0.3, 0.4) is 0 Å². The molecule has 0 saturated heterocycles. The van der Waals surface area contributed by atoms with E-state index >= 15 is 0 Å². The summed E-state index contributed by atoms with van der Waals surface area (Å²) < 4.78 is 16.3. The lowest BCUT2D eigenvalue weighted by Crippen LogP contribution is -2.09. The zero-order valence-electron chi connectivity index (χ0n) is 21.0. The van der Waals surface area contributed by atoms with Gasteiger partial charge >= 0.3 is 5.97 Å². The van der Waals surface area contributed by atoms with Crippen molar-refractivity contribution in [1.29, 1.82) is 0 Å². The molecule has 2 aromatic carbocycles. The van der Waals surface area contributed by atoms with E-state index in [2.05, 4.69) is 36.1 Å². The lowest BCUT2D eigenvalue weighted by Gasteiger charge is -2.10. The second-order valence-electron chi connectivity index (χ2n) is 8.20. The van der Waals surface area contributed by atoms with Crippen LogP contribution < -0.4 is 20.8 Å². The number of hydrogen-bond acceptors (Lipinski definition) is 12. The van der Waals surface area contributed by atoms with E-state index in [-0.39, 0.29) is 29.2 Å². The van der Waals surface area contributed by atoms with Crippen LogP contribution in [0.25, 0.3) is 11.3 Å². The summed E-state index contributed by atoms with van der Waals surface area (Å²) >= 11 is 0. The Labute approximate surface area is 227 Å². The first-order chi connectivity index (χ1) is 19.5. The molecule has 5 aromatic rings. The third-order valence-corrected chi connectivity index (χ3v) is 5.48. The van der Waals surface area contributed by atoms with Gasteiger partial charge in [-0.25, -0.2) is 10.2 Å². The number of ether oxygens (including phenoxy) is 1. The lowest BCUT2D eigenvalue weighted by atomic mass is 10.1. The number of aromatic carboxylic acids is 1. The predicted octanol–water partition coefficient (Wildman–Crippen LogP) is 4.94. The van der Waals surface area contributed by atoms with Crippen molar-refractivity contribution in [2.24, 2.45) is 5.10 Å². The normalized spacial score (nSPS) is 10.9. The van der Waals surface area contributed by atoms with Crippen molar-refractivity contribution < 1.29 is 28.6 Å². The number of hydrazone groups is 1. The highest BCUT2D eigenvalue weighted by atomic mass is 16.5. The number of nitrogens with zero attached hydrogens (tertiary/aromatic N) is 4. The second-order valence-corrected chi connectivity index (χ2v) is 8.20. The zero-order chi connectivity index (χ0) is 27.9. The maximum atomic E-state index is 11.3. The highest BCUT2D eigenvalue weighted by Crippen LogP contribution is 2.27. The fourth-order valence-corrected chi connectivity index (χ4v) is 3.54. The molecule has 5 N–H and O–H groups in total. The molecule has 3 aromatic heterocycles. The summed E-state index contributed by atoms with van der Waals surface area (Å²) in [6.07, 6.45) is 2.99. The van der Waals surface area contributed by atoms with Crippen LogP contribution in [0.4, 0.5) is 23.5 Å². The van der Waals surface area contributed by atoms with Gasteiger partial charge in [-0.3, -0.25) is 0 Å². The molecule has 0 atom stereocenters. The van der Waals surface area contributed by atoms with Crippen molar-refractivity contribution in [3.05, 3.63) is 90.1 Å². The van der Waals surface area contributed by atoms with E-state index in [1.807, 2.05) is 18.2 Å². The SMILES string of the molecule is COc1ccc(Nc2nc(NCc3ccco3)nc(NN=Cc3ccc(-c4ccc(O)c(C(=O)O)c4)o3)n2)cc1. The summed E-state index contributed by atoms with van der Waals surface area (Å²) in [5.41, 5.74) is 3.76. The molecule has 40 heavy (non-hydrogen) atoms. The minimum absolute atomic E-state index is 0.153. The third kappa shape index (κ3) is 6.34. The Kier molecular flexibility index (Phi) is 7.53. The standard InChI is InChI=1S/C27H23N7O6/c1-38-18-7-5-17(6-8-18)30-26-31-25(28-14-19-3-2-12-39-19)32-27(33-26)34-29-15-20-9-11-23(40-20)16-4-10-22(35)21(13-16)24(36)37/h2-13,15,35H,14H2,1H3,(H,36,37)(H3,28,30,31,32,33,34). The van der Waals surface area contributed by atoms with Crippen LogP contribution >= 0.6 is 0 Å². The van der Waals surface area contributed by atoms with Gasteiger partial charge in [0.1, 0.15) is 34.3 Å². The van der Waals surface area contributed by atoms with Gasteiger partial charge in [-0.05, 0) is 66.7 Å². The molecule has 0 aliphatic carbocycles. The minimum Gasteiger partial charge on any atom is -0.507 e. The molecule has 0 saturated carbocycles. The van der Waals surface area contributed by atoms with E-state index in [1.54, 1.807) is 49.8 Å². The molecule has 0 aliphatic rings. The molecular weight excluding hydrogens is 518 g/mol. The Bertz CT molecular complexity index is 1630. The quantitative estimate of drug-likeness (QED) is 0.112. The molecule has 0 radical (unpaired) electrons. The summed E-state index contributed by atoms with van der Waals surface area (Å²) in [4.78, 5) is 24.4. The highest BCUT2D eigenvalue weighted by molar-refractivity contribution is 5.92. The van der Waals surface area contributed by atoms with Gasteiger partial charge in [0.2, 0.25) is 17.8 Å². The third-order valence-electron chi connectivity index (χ3n) is 5.48. The Morgan fingerprint density at radius 1 is 1.02 bits per heavy atom. The molecular formula is C27H23N7O6. The van der Waals surface area contributed by atoms with Crippen molar-refractivity contribution in [3.63, 3.8) is 0 Å². The van der Waals surface area contributed by atoms with Crippen LogP contribution in [0.1, 0.15) is 21.9 Å². The van der Waals surface area contributed by atoms with E-state index < -0.39 is 5.97 Å². The fourth-order valence-electron chi connectivity index (χ4n) is 3.54. The molecule has 0 amide bonds. The van der Waals surface area contributed by atoms with Gasteiger partial charge in [0, 0.05) is 11.3 Å². The summed E-state index contributed by atoms with van der Waals surface area (Å²) in [7, 11) is 1.59.